The van der Waals surface area contributed by atoms with Gasteiger partial charge in [-0.2, -0.15) is 0 Å². The third-order valence-electron chi connectivity index (χ3n) is 7.42. The first-order chi connectivity index (χ1) is 17.8. The van der Waals surface area contributed by atoms with Crippen LogP contribution in [0.15, 0.2) is 121 Å². The number of hydrogen-bond acceptors (Lipinski definition) is 1. The van der Waals surface area contributed by atoms with Crippen molar-refractivity contribution in [3.63, 3.8) is 0 Å². The van der Waals surface area contributed by atoms with E-state index in [1.165, 1.54) is 75.0 Å². The predicted octanol–water partition coefficient (Wildman–Crippen LogP) is 10.2. The van der Waals surface area contributed by atoms with E-state index in [1.54, 1.807) is 0 Å². The van der Waals surface area contributed by atoms with Gasteiger partial charge in [0.25, 0.3) is 0 Å². The van der Waals surface area contributed by atoms with Crippen LogP contribution in [0, 0.1) is 0 Å². The zero-order valence-electron chi connectivity index (χ0n) is 19.5. The van der Waals surface area contributed by atoms with Gasteiger partial charge in [0, 0.05) is 47.5 Å². The lowest BCUT2D eigenvalue weighted by Crippen LogP contribution is -1.81. The molecule has 1 nitrogen and oxygen atoms in total. The molecule has 0 amide bonds. The van der Waals surface area contributed by atoms with Gasteiger partial charge >= 0.3 is 0 Å². The summed E-state index contributed by atoms with van der Waals surface area (Å²) in [5, 5.41) is 7.79. The average molecular weight is 476 g/mol. The lowest BCUT2D eigenvalue weighted by atomic mass is 9.96. The number of nitrogens with one attached hydrogen (secondary N) is 1. The fourth-order valence-corrected chi connectivity index (χ4v) is 7.10. The van der Waals surface area contributed by atoms with Crippen molar-refractivity contribution in [3.05, 3.63) is 121 Å². The van der Waals surface area contributed by atoms with Crippen molar-refractivity contribution in [1.82, 2.24) is 4.98 Å². The maximum absolute atomic E-state index is 3.56. The number of aromatic amines is 1. The lowest BCUT2D eigenvalue weighted by Gasteiger charge is -2.08. The minimum atomic E-state index is 1.18. The van der Waals surface area contributed by atoms with E-state index in [9.17, 15) is 0 Å². The highest BCUT2D eigenvalue weighted by Gasteiger charge is 2.15. The molecule has 36 heavy (non-hydrogen) atoms. The first kappa shape index (κ1) is 19.9. The Hall–Kier alpha value is -4.40. The number of hydrogen-bond donors (Lipinski definition) is 1. The Morgan fingerprint density at radius 2 is 1.03 bits per heavy atom. The maximum atomic E-state index is 3.56. The Bertz CT molecular complexity index is 2100. The number of H-pyrrole nitrogens is 1. The number of benzene rings is 6. The molecule has 0 unspecified atom stereocenters. The molecule has 0 saturated carbocycles. The highest BCUT2D eigenvalue weighted by atomic mass is 32.1. The highest BCUT2D eigenvalue weighted by molar-refractivity contribution is 7.26. The number of fused-ring (bicyclic) bond motifs is 7. The second kappa shape index (κ2) is 7.55. The summed E-state index contributed by atoms with van der Waals surface area (Å²) in [6, 6.07) is 44.2. The number of thiophene rings is 1. The van der Waals surface area contributed by atoms with Gasteiger partial charge in [0.1, 0.15) is 0 Å². The summed E-state index contributed by atoms with van der Waals surface area (Å²) in [5.41, 5.74) is 7.53. The zero-order chi connectivity index (χ0) is 23.6. The minimum absolute atomic E-state index is 1.18. The van der Waals surface area contributed by atoms with Crippen LogP contribution in [0.3, 0.4) is 0 Å². The Labute approximate surface area is 212 Å². The first-order valence-corrected chi connectivity index (χ1v) is 13.1. The van der Waals surface area contributed by atoms with E-state index in [2.05, 4.69) is 126 Å². The molecule has 0 atom stereocenters. The molecule has 6 aromatic carbocycles. The van der Waals surface area contributed by atoms with Gasteiger partial charge in [-0.05, 0) is 45.7 Å². The van der Waals surface area contributed by atoms with Crippen molar-refractivity contribution < 1.29 is 0 Å². The second-order valence-electron chi connectivity index (χ2n) is 9.42. The van der Waals surface area contributed by atoms with Gasteiger partial charge in [0.2, 0.25) is 0 Å². The van der Waals surface area contributed by atoms with Gasteiger partial charge in [-0.3, -0.25) is 0 Å². The topological polar surface area (TPSA) is 15.8 Å². The van der Waals surface area contributed by atoms with Crippen LogP contribution in [0.1, 0.15) is 0 Å². The Morgan fingerprint density at radius 1 is 0.417 bits per heavy atom. The molecule has 8 aromatic rings. The third kappa shape index (κ3) is 2.82. The molecular weight excluding hydrogens is 454 g/mol. The van der Waals surface area contributed by atoms with Crippen LogP contribution >= 0.6 is 11.3 Å². The Kier molecular flexibility index (Phi) is 4.16. The van der Waals surface area contributed by atoms with Crippen LogP contribution in [0.5, 0.6) is 0 Å². The van der Waals surface area contributed by atoms with Gasteiger partial charge in [-0.25, -0.2) is 0 Å². The van der Waals surface area contributed by atoms with E-state index in [0.717, 1.165) is 0 Å². The van der Waals surface area contributed by atoms with Crippen molar-refractivity contribution in [2.24, 2.45) is 0 Å². The summed E-state index contributed by atoms with van der Waals surface area (Å²) in [5.74, 6) is 0. The van der Waals surface area contributed by atoms with E-state index in [0.29, 0.717) is 0 Å². The van der Waals surface area contributed by atoms with Crippen LogP contribution in [0.4, 0.5) is 0 Å². The van der Waals surface area contributed by atoms with Crippen LogP contribution in [-0.2, 0) is 0 Å². The summed E-state index contributed by atoms with van der Waals surface area (Å²) in [6.07, 6.45) is 0. The molecule has 0 saturated heterocycles. The molecule has 0 fully saturated rings. The quantitative estimate of drug-likeness (QED) is 0.256. The van der Waals surface area contributed by atoms with E-state index in [4.69, 9.17) is 0 Å². The Morgan fingerprint density at radius 3 is 1.92 bits per heavy atom. The summed E-state index contributed by atoms with van der Waals surface area (Å²) >= 11 is 1.92. The van der Waals surface area contributed by atoms with Crippen molar-refractivity contribution in [2.75, 3.05) is 0 Å². The molecule has 0 spiro atoms. The molecule has 0 bridgehead atoms. The van der Waals surface area contributed by atoms with Crippen molar-refractivity contribution in [2.45, 2.75) is 0 Å². The van der Waals surface area contributed by atoms with Crippen molar-refractivity contribution in [3.8, 4) is 22.3 Å². The van der Waals surface area contributed by atoms with Gasteiger partial charge in [0.15, 0.2) is 0 Å². The van der Waals surface area contributed by atoms with E-state index >= 15 is 0 Å². The third-order valence-corrected chi connectivity index (χ3v) is 8.71. The molecule has 0 radical (unpaired) electrons. The fourth-order valence-electron chi connectivity index (χ4n) is 5.74. The normalized spacial score (nSPS) is 11.9. The van der Waals surface area contributed by atoms with Crippen LogP contribution in [0.2, 0.25) is 0 Å². The zero-order valence-corrected chi connectivity index (χ0v) is 20.3. The lowest BCUT2D eigenvalue weighted by molar-refractivity contribution is 1.55. The molecule has 0 aliphatic heterocycles. The molecule has 2 heteroatoms. The van der Waals surface area contributed by atoms with Gasteiger partial charge < -0.3 is 4.98 Å². The number of para-hydroxylation sites is 1. The van der Waals surface area contributed by atoms with Crippen LogP contribution in [0.25, 0.3) is 75.0 Å². The summed E-state index contributed by atoms with van der Waals surface area (Å²) in [7, 11) is 0. The summed E-state index contributed by atoms with van der Waals surface area (Å²) in [4.78, 5) is 3.56. The fraction of sp³-hybridized carbons (Fsp3) is 0. The predicted molar refractivity (Wildman–Crippen MR) is 157 cm³/mol. The van der Waals surface area contributed by atoms with Gasteiger partial charge in [0.05, 0.1) is 0 Å². The summed E-state index contributed by atoms with van der Waals surface area (Å²) in [6.45, 7) is 0. The first-order valence-electron chi connectivity index (χ1n) is 12.3. The van der Waals surface area contributed by atoms with Crippen LogP contribution < -0.4 is 0 Å². The minimum Gasteiger partial charge on any atom is -0.355 e. The highest BCUT2D eigenvalue weighted by Crippen LogP contribution is 2.45. The van der Waals surface area contributed by atoms with E-state index in [1.807, 2.05) is 11.3 Å². The monoisotopic (exact) mass is 475 g/mol. The van der Waals surface area contributed by atoms with Crippen molar-refractivity contribution >= 4 is 64.1 Å². The maximum Gasteiger partial charge on any atom is 0.0465 e. The Balaban J connectivity index is 1.40. The van der Waals surface area contributed by atoms with E-state index < -0.39 is 0 Å². The molecular formula is C34H21NS. The molecule has 0 aliphatic rings. The molecule has 2 heterocycles. The van der Waals surface area contributed by atoms with Crippen molar-refractivity contribution in [1.29, 1.82) is 0 Å². The molecule has 168 valence electrons. The van der Waals surface area contributed by atoms with Gasteiger partial charge in [-0.15, -0.1) is 11.3 Å². The number of aromatic nitrogens is 1. The standard InChI is InChI=1S/C34H21NS/c1-2-10-23-21(8-1)9-5-13-25(23)27-14-7-16-29-28-15-6-12-24(33(28)36-34(27)29)22-18-19-32-30(20-22)26-11-3-4-17-31(26)35-32/h1-20,35H. The number of rotatable bonds is 2. The van der Waals surface area contributed by atoms with E-state index in [-0.39, 0.29) is 0 Å². The molecule has 2 aromatic heterocycles. The molecule has 1 N–H and O–H groups in total. The molecule has 8 rings (SSSR count). The molecule has 0 aliphatic carbocycles. The average Bonchev–Trinajstić information content (AvgIpc) is 3.51. The second-order valence-corrected chi connectivity index (χ2v) is 10.4. The smallest absolute Gasteiger partial charge is 0.0465 e. The largest absolute Gasteiger partial charge is 0.355 e. The summed E-state index contributed by atoms with van der Waals surface area (Å²) < 4.78 is 2.70. The van der Waals surface area contributed by atoms with Gasteiger partial charge in [-0.1, -0.05) is 103 Å². The van der Waals surface area contributed by atoms with Crippen LogP contribution in [-0.4, -0.2) is 4.98 Å². The SMILES string of the molecule is c1ccc2c(-c3cccc4c3sc3c(-c5ccc6[nH]c7ccccc7c6c5)cccc34)cccc2c1.